The van der Waals surface area contributed by atoms with Gasteiger partial charge in [-0.1, -0.05) is 13.8 Å². The molecule has 0 aromatic heterocycles. The molecule has 15 heavy (non-hydrogen) atoms. The SMILES string of the molecule is CC(C)C(N)COCC(F)(F)C(F)(F)F. The number of hydrogen-bond donors (Lipinski definition) is 1. The molecule has 0 aromatic rings. The Morgan fingerprint density at radius 1 is 1.13 bits per heavy atom. The molecule has 0 saturated carbocycles. The monoisotopic (exact) mass is 235 g/mol. The van der Waals surface area contributed by atoms with Crippen LogP contribution in [0, 0.1) is 5.92 Å². The zero-order valence-electron chi connectivity index (χ0n) is 8.44. The normalized spacial score (nSPS) is 15.8. The van der Waals surface area contributed by atoms with Gasteiger partial charge in [0.25, 0.3) is 0 Å². The average Bonchev–Trinajstić information content (AvgIpc) is 2.01. The van der Waals surface area contributed by atoms with Crippen molar-refractivity contribution in [1.29, 1.82) is 0 Å². The molecule has 7 heteroatoms. The first-order chi connectivity index (χ1) is 6.58. The highest BCUT2D eigenvalue weighted by Gasteiger charge is 2.57. The van der Waals surface area contributed by atoms with E-state index in [1.807, 2.05) is 0 Å². The van der Waals surface area contributed by atoms with Crippen LogP contribution < -0.4 is 5.73 Å². The summed E-state index contributed by atoms with van der Waals surface area (Å²) in [6, 6.07) is -0.547. The van der Waals surface area contributed by atoms with E-state index in [0.717, 1.165) is 0 Å². The van der Waals surface area contributed by atoms with Crippen molar-refractivity contribution in [2.24, 2.45) is 11.7 Å². The molecule has 1 atom stereocenters. The van der Waals surface area contributed by atoms with Crippen molar-refractivity contribution >= 4 is 0 Å². The Hall–Kier alpha value is -0.430. The summed E-state index contributed by atoms with van der Waals surface area (Å²) >= 11 is 0. The van der Waals surface area contributed by atoms with Crippen LogP contribution >= 0.6 is 0 Å². The van der Waals surface area contributed by atoms with E-state index in [4.69, 9.17) is 5.73 Å². The molecule has 0 amide bonds. The number of ether oxygens (including phenoxy) is 1. The topological polar surface area (TPSA) is 35.2 Å². The zero-order valence-corrected chi connectivity index (χ0v) is 8.44. The molecular weight excluding hydrogens is 221 g/mol. The summed E-state index contributed by atoms with van der Waals surface area (Å²) in [6.07, 6.45) is -5.57. The Morgan fingerprint density at radius 3 is 1.93 bits per heavy atom. The van der Waals surface area contributed by atoms with Crippen LogP contribution in [0.15, 0.2) is 0 Å². The fraction of sp³-hybridized carbons (Fsp3) is 1.00. The first kappa shape index (κ1) is 14.6. The van der Waals surface area contributed by atoms with Gasteiger partial charge < -0.3 is 10.5 Å². The van der Waals surface area contributed by atoms with E-state index in [-0.39, 0.29) is 12.5 Å². The fourth-order valence-corrected chi connectivity index (χ4v) is 0.597. The van der Waals surface area contributed by atoms with Gasteiger partial charge in [0, 0.05) is 6.04 Å². The van der Waals surface area contributed by atoms with Gasteiger partial charge in [0.05, 0.1) is 6.61 Å². The van der Waals surface area contributed by atoms with E-state index in [2.05, 4.69) is 4.74 Å². The summed E-state index contributed by atoms with van der Waals surface area (Å²) in [5, 5.41) is 0. The van der Waals surface area contributed by atoms with Crippen molar-refractivity contribution in [3.05, 3.63) is 0 Å². The summed E-state index contributed by atoms with van der Waals surface area (Å²) in [6.45, 7) is 1.44. The van der Waals surface area contributed by atoms with Gasteiger partial charge in [-0.25, -0.2) is 0 Å². The van der Waals surface area contributed by atoms with Crippen molar-refractivity contribution in [2.45, 2.75) is 32.0 Å². The van der Waals surface area contributed by atoms with Crippen molar-refractivity contribution in [2.75, 3.05) is 13.2 Å². The average molecular weight is 235 g/mol. The quantitative estimate of drug-likeness (QED) is 0.741. The minimum Gasteiger partial charge on any atom is -0.373 e. The third-order valence-corrected chi connectivity index (χ3v) is 1.86. The number of hydrogen-bond acceptors (Lipinski definition) is 2. The van der Waals surface area contributed by atoms with Gasteiger partial charge in [-0.15, -0.1) is 0 Å². The molecule has 0 fully saturated rings. The van der Waals surface area contributed by atoms with Crippen LogP contribution in [-0.4, -0.2) is 31.4 Å². The van der Waals surface area contributed by atoms with Gasteiger partial charge >= 0.3 is 12.1 Å². The Labute approximate surface area is 84.6 Å². The lowest BCUT2D eigenvalue weighted by Crippen LogP contribution is -2.42. The molecule has 1 unspecified atom stereocenters. The Bertz CT molecular complexity index is 192. The van der Waals surface area contributed by atoms with Crippen LogP contribution in [0.4, 0.5) is 22.0 Å². The van der Waals surface area contributed by atoms with E-state index in [1.165, 1.54) is 0 Å². The summed E-state index contributed by atoms with van der Waals surface area (Å²) in [7, 11) is 0. The van der Waals surface area contributed by atoms with Gasteiger partial charge in [-0.3, -0.25) is 0 Å². The molecule has 0 aliphatic rings. The van der Waals surface area contributed by atoms with Gasteiger partial charge in [0.15, 0.2) is 0 Å². The van der Waals surface area contributed by atoms with Crippen molar-refractivity contribution < 1.29 is 26.7 Å². The highest BCUT2D eigenvalue weighted by Crippen LogP contribution is 2.35. The van der Waals surface area contributed by atoms with Gasteiger partial charge in [0.2, 0.25) is 0 Å². The number of nitrogens with two attached hydrogens (primary N) is 1. The largest absolute Gasteiger partial charge is 0.455 e. The van der Waals surface area contributed by atoms with Gasteiger partial charge in [-0.05, 0) is 5.92 Å². The molecule has 0 aliphatic carbocycles. The highest BCUT2D eigenvalue weighted by atomic mass is 19.4. The van der Waals surface area contributed by atoms with Crippen molar-refractivity contribution in [1.82, 2.24) is 0 Å². The summed E-state index contributed by atoms with van der Waals surface area (Å²) in [4.78, 5) is 0. The summed E-state index contributed by atoms with van der Waals surface area (Å²) < 4.78 is 63.8. The molecule has 2 nitrogen and oxygen atoms in total. The molecule has 0 saturated heterocycles. The maximum atomic E-state index is 12.3. The second-order valence-electron chi connectivity index (χ2n) is 3.63. The smallest absolute Gasteiger partial charge is 0.373 e. The zero-order chi connectivity index (χ0) is 12.3. The molecule has 0 aromatic carbocycles. The van der Waals surface area contributed by atoms with E-state index in [1.54, 1.807) is 13.8 Å². The molecular formula is C8H14F5NO. The summed E-state index contributed by atoms with van der Waals surface area (Å²) in [5.74, 6) is -4.85. The number of halogens is 5. The van der Waals surface area contributed by atoms with Crippen molar-refractivity contribution in [3.8, 4) is 0 Å². The van der Waals surface area contributed by atoms with E-state index in [9.17, 15) is 22.0 Å². The lowest BCUT2D eigenvalue weighted by atomic mass is 10.1. The van der Waals surface area contributed by atoms with Crippen LogP contribution in [0.25, 0.3) is 0 Å². The lowest BCUT2D eigenvalue weighted by molar-refractivity contribution is -0.297. The molecule has 0 heterocycles. The molecule has 0 radical (unpaired) electrons. The maximum Gasteiger partial charge on any atom is 0.455 e. The predicted molar refractivity (Wildman–Crippen MR) is 44.6 cm³/mol. The van der Waals surface area contributed by atoms with Crippen LogP contribution in [0.1, 0.15) is 13.8 Å². The lowest BCUT2D eigenvalue weighted by Gasteiger charge is -2.21. The van der Waals surface area contributed by atoms with E-state index >= 15 is 0 Å². The Morgan fingerprint density at radius 2 is 1.60 bits per heavy atom. The molecule has 0 rings (SSSR count). The molecule has 2 N–H and O–H groups in total. The third kappa shape index (κ3) is 4.74. The first-order valence-corrected chi connectivity index (χ1v) is 4.36. The number of rotatable bonds is 5. The van der Waals surface area contributed by atoms with Crippen LogP contribution in [0.5, 0.6) is 0 Å². The first-order valence-electron chi connectivity index (χ1n) is 4.36. The Balaban J connectivity index is 3.96. The minimum absolute atomic E-state index is 0.0375. The Kier molecular flexibility index (Phi) is 4.92. The molecule has 0 spiro atoms. The molecule has 92 valence electrons. The number of alkyl halides is 5. The van der Waals surface area contributed by atoms with Crippen LogP contribution in [0.2, 0.25) is 0 Å². The van der Waals surface area contributed by atoms with Crippen molar-refractivity contribution in [3.63, 3.8) is 0 Å². The van der Waals surface area contributed by atoms with Crippen LogP contribution in [0.3, 0.4) is 0 Å². The molecule has 0 bridgehead atoms. The van der Waals surface area contributed by atoms with Crippen LogP contribution in [-0.2, 0) is 4.74 Å². The maximum absolute atomic E-state index is 12.3. The molecule has 0 aliphatic heterocycles. The van der Waals surface area contributed by atoms with Gasteiger partial charge in [-0.2, -0.15) is 22.0 Å². The fourth-order valence-electron chi connectivity index (χ4n) is 0.597. The predicted octanol–water partition coefficient (Wildman–Crippen LogP) is 2.18. The third-order valence-electron chi connectivity index (χ3n) is 1.86. The second kappa shape index (κ2) is 5.07. The summed E-state index contributed by atoms with van der Waals surface area (Å²) in [5.41, 5.74) is 5.40. The highest BCUT2D eigenvalue weighted by molar-refractivity contribution is 4.75. The van der Waals surface area contributed by atoms with E-state index in [0.29, 0.717) is 0 Å². The minimum atomic E-state index is -5.57. The standard InChI is InChI=1S/C8H14F5NO/c1-5(2)6(14)3-15-4-7(9,10)8(11,12)13/h5-6H,3-4,14H2,1-2H3. The second-order valence-corrected chi connectivity index (χ2v) is 3.63. The van der Waals surface area contributed by atoms with Gasteiger partial charge in [0.1, 0.15) is 6.61 Å². The van der Waals surface area contributed by atoms with E-state index < -0.39 is 24.7 Å².